The van der Waals surface area contributed by atoms with Crippen LogP contribution in [0.15, 0.2) is 67.3 Å². The first kappa shape index (κ1) is 25.1. The van der Waals surface area contributed by atoms with Gasteiger partial charge in [0.05, 0.1) is 37.7 Å². The van der Waals surface area contributed by atoms with Gasteiger partial charge in [0.2, 0.25) is 0 Å². The third kappa shape index (κ3) is 5.55. The highest BCUT2D eigenvalue weighted by molar-refractivity contribution is 5.95. The van der Waals surface area contributed by atoms with Crippen molar-refractivity contribution in [2.75, 3.05) is 12.8 Å². The van der Waals surface area contributed by atoms with Crippen LogP contribution in [-0.2, 0) is 31.0 Å². The topological polar surface area (TPSA) is 113 Å². The number of fused-ring (bicyclic) bond motifs is 1. The van der Waals surface area contributed by atoms with Crippen molar-refractivity contribution in [3.8, 4) is 0 Å². The van der Waals surface area contributed by atoms with Gasteiger partial charge in [-0.15, -0.1) is 0 Å². The molecule has 3 N–H and O–H groups in total. The van der Waals surface area contributed by atoms with E-state index in [1.165, 1.54) is 12.4 Å². The molecule has 5 aromatic rings. The van der Waals surface area contributed by atoms with Crippen LogP contribution >= 0.6 is 0 Å². The van der Waals surface area contributed by atoms with Crippen molar-refractivity contribution in [2.45, 2.75) is 33.2 Å². The Morgan fingerprint density at radius 2 is 1.82 bits per heavy atom. The lowest BCUT2D eigenvalue weighted by atomic mass is 10.0. The zero-order valence-corrected chi connectivity index (χ0v) is 21.2. The van der Waals surface area contributed by atoms with Crippen molar-refractivity contribution in [1.29, 1.82) is 0 Å². The van der Waals surface area contributed by atoms with Gasteiger partial charge in [-0.1, -0.05) is 24.3 Å². The number of nitrogens with two attached hydrogens (primary N) is 1. The number of nitrogen functional groups attached to an aromatic ring is 1. The molecule has 5 rings (SSSR count). The number of aromatic nitrogens is 5. The minimum absolute atomic E-state index is 0.219. The van der Waals surface area contributed by atoms with Gasteiger partial charge in [0.25, 0.3) is 5.91 Å². The molecule has 0 fully saturated rings. The Balaban J connectivity index is 1.28. The number of pyridine rings is 1. The van der Waals surface area contributed by atoms with E-state index in [1.807, 2.05) is 49.4 Å². The monoisotopic (exact) mass is 513 g/mol. The highest BCUT2D eigenvalue weighted by Crippen LogP contribution is 2.23. The Kier molecular flexibility index (Phi) is 7.14. The zero-order chi connectivity index (χ0) is 26.6. The Bertz CT molecular complexity index is 1590. The highest BCUT2D eigenvalue weighted by Gasteiger charge is 2.17. The molecule has 2 aromatic carbocycles. The number of carbonyl (C=O) groups excluding carboxylic acids is 1. The number of anilines is 1. The van der Waals surface area contributed by atoms with Crippen LogP contribution in [0.1, 0.15) is 38.3 Å². The molecule has 9 nitrogen and oxygen atoms in total. The summed E-state index contributed by atoms with van der Waals surface area (Å²) in [7, 11) is 1.57. The van der Waals surface area contributed by atoms with E-state index in [-0.39, 0.29) is 18.3 Å². The summed E-state index contributed by atoms with van der Waals surface area (Å²) in [5.74, 6) is -0.0956. The van der Waals surface area contributed by atoms with Gasteiger partial charge in [0.15, 0.2) is 5.82 Å². The Hall–Kier alpha value is -4.57. The van der Waals surface area contributed by atoms with Gasteiger partial charge < -0.3 is 15.8 Å². The summed E-state index contributed by atoms with van der Waals surface area (Å²) in [5, 5.41) is 13.4. The molecule has 0 spiro atoms. The van der Waals surface area contributed by atoms with Crippen LogP contribution in [0, 0.1) is 12.7 Å². The molecule has 0 aliphatic rings. The minimum atomic E-state index is -0.359. The van der Waals surface area contributed by atoms with Gasteiger partial charge in [0, 0.05) is 31.4 Å². The number of hydrogen-bond donors (Lipinski definition) is 2. The van der Waals surface area contributed by atoms with Crippen LogP contribution in [0.4, 0.5) is 10.2 Å². The lowest BCUT2D eigenvalue weighted by Gasteiger charge is -2.11. The van der Waals surface area contributed by atoms with Crippen molar-refractivity contribution >= 4 is 22.5 Å². The second kappa shape index (κ2) is 10.8. The van der Waals surface area contributed by atoms with Crippen LogP contribution in [0.25, 0.3) is 10.8 Å². The molecule has 10 heteroatoms. The average Bonchev–Trinajstić information content (AvgIpc) is 3.50. The van der Waals surface area contributed by atoms with Gasteiger partial charge in [-0.25, -0.2) is 9.37 Å². The molecule has 38 heavy (non-hydrogen) atoms. The molecule has 0 saturated carbocycles. The molecule has 0 saturated heterocycles. The van der Waals surface area contributed by atoms with Gasteiger partial charge in [-0.2, -0.15) is 10.2 Å². The van der Waals surface area contributed by atoms with Crippen LogP contribution < -0.4 is 11.1 Å². The van der Waals surface area contributed by atoms with Crippen LogP contribution in [0.3, 0.4) is 0 Å². The maximum Gasteiger partial charge on any atom is 0.255 e. The van der Waals surface area contributed by atoms with Crippen LogP contribution in [-0.4, -0.2) is 37.6 Å². The number of halogens is 1. The van der Waals surface area contributed by atoms with E-state index in [4.69, 9.17) is 10.5 Å². The number of aryl methyl sites for hydroxylation is 1. The van der Waals surface area contributed by atoms with E-state index in [1.54, 1.807) is 28.9 Å². The van der Waals surface area contributed by atoms with Crippen molar-refractivity contribution in [1.82, 2.24) is 29.9 Å². The van der Waals surface area contributed by atoms with E-state index in [9.17, 15) is 9.18 Å². The Morgan fingerprint density at radius 3 is 2.50 bits per heavy atom. The average molecular weight is 514 g/mol. The van der Waals surface area contributed by atoms with Crippen molar-refractivity contribution < 1.29 is 13.9 Å². The summed E-state index contributed by atoms with van der Waals surface area (Å²) in [6.45, 7) is 3.54. The molecule has 1 amide bonds. The lowest BCUT2D eigenvalue weighted by molar-refractivity contribution is 0.0946. The van der Waals surface area contributed by atoms with Crippen molar-refractivity contribution in [3.63, 3.8) is 0 Å². The number of nitrogens with zero attached hydrogens (tertiary/aromatic N) is 5. The third-order valence-corrected chi connectivity index (χ3v) is 6.37. The highest BCUT2D eigenvalue weighted by atomic mass is 19.1. The first-order valence-electron chi connectivity index (χ1n) is 12.1. The molecule has 0 radical (unpaired) electrons. The minimum Gasteiger partial charge on any atom is -0.383 e. The third-order valence-electron chi connectivity index (χ3n) is 6.37. The molecule has 194 valence electrons. The molecule has 0 atom stereocenters. The van der Waals surface area contributed by atoms with Gasteiger partial charge in [-0.05, 0) is 52.8 Å². The molecule has 0 aliphatic heterocycles. The predicted molar refractivity (Wildman–Crippen MR) is 142 cm³/mol. The summed E-state index contributed by atoms with van der Waals surface area (Å²) in [5.41, 5.74) is 11.1. The normalized spacial score (nSPS) is 11.2. The summed E-state index contributed by atoms with van der Waals surface area (Å²) in [6, 6.07) is 13.8. The second-order valence-electron chi connectivity index (χ2n) is 9.17. The molecular formula is C28H28FN7O2. The number of rotatable bonds is 9. The fourth-order valence-corrected chi connectivity index (χ4v) is 4.38. The molecular weight excluding hydrogens is 485 g/mol. The first-order valence-corrected chi connectivity index (χ1v) is 12.1. The van der Waals surface area contributed by atoms with E-state index in [0.717, 1.165) is 33.0 Å². The largest absolute Gasteiger partial charge is 0.383 e. The number of nitrogens with one attached hydrogen (secondary N) is 1. The molecule has 0 bridgehead atoms. The summed E-state index contributed by atoms with van der Waals surface area (Å²) in [6.07, 6.45) is 5.96. The van der Waals surface area contributed by atoms with E-state index < -0.39 is 0 Å². The smallest absolute Gasteiger partial charge is 0.255 e. The maximum absolute atomic E-state index is 13.2. The van der Waals surface area contributed by atoms with Crippen LogP contribution in [0.2, 0.25) is 0 Å². The molecule has 3 aromatic heterocycles. The fraction of sp³-hybridized carbons (Fsp3) is 0.214. The lowest BCUT2D eigenvalue weighted by Crippen LogP contribution is -2.24. The van der Waals surface area contributed by atoms with Gasteiger partial charge in [0.1, 0.15) is 11.5 Å². The first-order chi connectivity index (χ1) is 18.4. The second-order valence-corrected chi connectivity index (χ2v) is 9.17. The molecule has 0 aliphatic carbocycles. The zero-order valence-electron chi connectivity index (χ0n) is 21.2. The quantitative estimate of drug-likeness (QED) is 0.310. The van der Waals surface area contributed by atoms with E-state index in [2.05, 4.69) is 20.5 Å². The molecule has 3 heterocycles. The summed E-state index contributed by atoms with van der Waals surface area (Å²) < 4.78 is 21.7. The number of amides is 1. The number of benzene rings is 2. The molecule has 0 unspecified atom stereocenters. The maximum atomic E-state index is 13.2. The van der Waals surface area contributed by atoms with E-state index in [0.29, 0.717) is 36.7 Å². The van der Waals surface area contributed by atoms with E-state index >= 15 is 0 Å². The van der Waals surface area contributed by atoms with Crippen LogP contribution in [0.5, 0.6) is 0 Å². The summed E-state index contributed by atoms with van der Waals surface area (Å²) >= 11 is 0. The summed E-state index contributed by atoms with van der Waals surface area (Å²) in [4.78, 5) is 17.3. The van der Waals surface area contributed by atoms with Crippen molar-refractivity contribution in [3.05, 3.63) is 107 Å². The number of methoxy groups -OCH3 is 1. The SMILES string of the molecule is COCc1nn(Cc2ccc(Cn3cc(F)cn3)cc2)cc1C(=O)NCc1cc2ccnc(N)c2cc1C. The van der Waals surface area contributed by atoms with Gasteiger partial charge >= 0.3 is 0 Å². The number of carbonyl (C=O) groups is 1. The number of hydrogen-bond acceptors (Lipinski definition) is 6. The Morgan fingerprint density at radius 1 is 1.08 bits per heavy atom. The fourth-order valence-electron chi connectivity index (χ4n) is 4.38. The predicted octanol–water partition coefficient (Wildman–Crippen LogP) is 3.83. The standard InChI is InChI=1S/C28H28FN7O2/c1-18-9-24-21(7-8-31-27(24)30)10-22(18)11-32-28(37)25-16-36(34-26(25)17-38-2)14-20-5-3-19(4-6-20)13-35-15-23(29)12-33-35/h3-10,12,15-16H,11,13-14,17H2,1-2H3,(H2,30,31)(H,32,37). The van der Waals surface area contributed by atoms with Gasteiger partial charge in [-0.3, -0.25) is 14.2 Å². The Labute approximate surface area is 219 Å². The van der Waals surface area contributed by atoms with Crippen molar-refractivity contribution in [2.24, 2.45) is 0 Å². The number of ether oxygens (including phenoxy) is 1.